The van der Waals surface area contributed by atoms with Crippen LogP contribution in [-0.4, -0.2) is 67.4 Å². The van der Waals surface area contributed by atoms with E-state index < -0.39 is 0 Å². The zero-order valence-corrected chi connectivity index (χ0v) is 19.3. The fourth-order valence-corrected chi connectivity index (χ4v) is 6.17. The molecule has 2 aliphatic rings. The summed E-state index contributed by atoms with van der Waals surface area (Å²) in [5.41, 5.74) is 2.29. The van der Waals surface area contributed by atoms with Gasteiger partial charge in [-0.05, 0) is 49.1 Å². The third-order valence-electron chi connectivity index (χ3n) is 5.82. The van der Waals surface area contributed by atoms with Crippen molar-refractivity contribution in [2.24, 2.45) is 0 Å². The van der Waals surface area contributed by atoms with Crippen LogP contribution in [0.1, 0.15) is 50.4 Å². The molecule has 0 unspecified atom stereocenters. The first kappa shape index (κ1) is 22.0. The monoisotopic (exact) mass is 461 g/mol. The van der Waals surface area contributed by atoms with Crippen molar-refractivity contribution in [1.82, 2.24) is 9.80 Å². The Hall–Kier alpha value is -2.23. The minimum atomic E-state index is -0.382. The number of thiophene rings is 2. The Morgan fingerprint density at radius 1 is 1.10 bits per heavy atom. The molecule has 31 heavy (non-hydrogen) atoms. The number of carbonyl (C=O) groups excluding carboxylic acids is 3. The molecule has 0 bridgehead atoms. The largest absolute Gasteiger partial charge is 0.465 e. The number of aryl methyl sites for hydroxylation is 1. The summed E-state index contributed by atoms with van der Waals surface area (Å²) < 4.78 is 4.98. The highest BCUT2D eigenvalue weighted by Gasteiger charge is 2.28. The Kier molecular flexibility index (Phi) is 7.04. The molecule has 1 fully saturated rings. The molecule has 1 aliphatic carbocycles. The summed E-state index contributed by atoms with van der Waals surface area (Å²) in [7, 11) is 1.38. The molecule has 0 saturated carbocycles. The molecule has 3 heterocycles. The normalized spacial score (nSPS) is 17.0. The second kappa shape index (κ2) is 9.93. The molecule has 7 nitrogen and oxygen atoms in total. The Labute approximate surface area is 190 Å². The van der Waals surface area contributed by atoms with Crippen LogP contribution in [0.2, 0.25) is 0 Å². The molecule has 1 saturated heterocycles. The molecule has 1 aliphatic heterocycles. The van der Waals surface area contributed by atoms with Gasteiger partial charge in [-0.1, -0.05) is 0 Å². The minimum absolute atomic E-state index is 0.0550. The maximum absolute atomic E-state index is 12.8. The number of hydrogen-bond acceptors (Lipinski definition) is 7. The molecule has 166 valence electrons. The molecule has 9 heteroatoms. The van der Waals surface area contributed by atoms with Gasteiger partial charge in [0.2, 0.25) is 5.91 Å². The van der Waals surface area contributed by atoms with Crippen LogP contribution in [0.15, 0.2) is 16.8 Å². The highest BCUT2D eigenvalue weighted by atomic mass is 32.1. The van der Waals surface area contributed by atoms with Gasteiger partial charge in [0.05, 0.1) is 24.8 Å². The topological polar surface area (TPSA) is 79.0 Å². The highest BCUT2D eigenvalue weighted by molar-refractivity contribution is 7.17. The number of carbonyl (C=O) groups is 3. The van der Waals surface area contributed by atoms with Gasteiger partial charge in [0.25, 0.3) is 5.91 Å². The zero-order chi connectivity index (χ0) is 21.8. The number of anilines is 1. The maximum Gasteiger partial charge on any atom is 0.341 e. The molecular formula is C22H27N3O4S2. The molecule has 0 atom stereocenters. The third-order valence-corrected chi connectivity index (χ3v) is 7.72. The van der Waals surface area contributed by atoms with Crippen molar-refractivity contribution in [2.75, 3.05) is 45.2 Å². The number of nitrogens with zero attached hydrogens (tertiary/aromatic N) is 2. The lowest BCUT2D eigenvalue weighted by Gasteiger charge is -2.21. The number of rotatable bonds is 5. The van der Waals surface area contributed by atoms with Gasteiger partial charge in [-0.2, -0.15) is 11.3 Å². The highest BCUT2D eigenvalue weighted by Crippen LogP contribution is 2.38. The molecule has 1 N–H and O–H groups in total. The van der Waals surface area contributed by atoms with Crippen LogP contribution < -0.4 is 5.32 Å². The predicted octanol–water partition coefficient (Wildman–Crippen LogP) is 3.26. The fourth-order valence-electron chi connectivity index (χ4n) is 4.24. The average Bonchev–Trinajstić information content (AvgIpc) is 3.36. The lowest BCUT2D eigenvalue weighted by atomic mass is 9.95. The van der Waals surface area contributed by atoms with Crippen LogP contribution in [0, 0.1) is 0 Å². The number of nitrogens with one attached hydrogen (secondary N) is 1. The Morgan fingerprint density at radius 2 is 1.94 bits per heavy atom. The first-order valence-corrected chi connectivity index (χ1v) is 12.4. The first-order chi connectivity index (χ1) is 15.1. The number of hydrogen-bond donors (Lipinski definition) is 1. The molecule has 0 spiro atoms. The summed E-state index contributed by atoms with van der Waals surface area (Å²) in [6.07, 6.45) is 4.78. The van der Waals surface area contributed by atoms with Gasteiger partial charge in [0, 0.05) is 36.4 Å². The second-order valence-corrected chi connectivity index (χ2v) is 9.77. The maximum atomic E-state index is 12.8. The summed E-state index contributed by atoms with van der Waals surface area (Å²) in [6.45, 7) is 2.93. The summed E-state index contributed by atoms with van der Waals surface area (Å²) in [5.74, 6) is -0.465. The zero-order valence-electron chi connectivity index (χ0n) is 17.6. The van der Waals surface area contributed by atoms with E-state index in [0.29, 0.717) is 30.2 Å². The van der Waals surface area contributed by atoms with E-state index in [9.17, 15) is 14.4 Å². The summed E-state index contributed by atoms with van der Waals surface area (Å²) in [4.78, 5) is 42.9. The second-order valence-electron chi connectivity index (χ2n) is 7.89. The van der Waals surface area contributed by atoms with E-state index in [-0.39, 0.29) is 24.3 Å². The van der Waals surface area contributed by atoms with Gasteiger partial charge >= 0.3 is 5.97 Å². The van der Waals surface area contributed by atoms with Gasteiger partial charge in [-0.15, -0.1) is 11.3 Å². The van der Waals surface area contributed by atoms with Gasteiger partial charge in [0.1, 0.15) is 5.00 Å². The summed E-state index contributed by atoms with van der Waals surface area (Å²) >= 11 is 3.02. The molecule has 0 radical (unpaired) electrons. The number of amides is 2. The lowest BCUT2D eigenvalue weighted by Crippen LogP contribution is -2.38. The predicted molar refractivity (Wildman–Crippen MR) is 122 cm³/mol. The smallest absolute Gasteiger partial charge is 0.341 e. The van der Waals surface area contributed by atoms with Gasteiger partial charge in [-0.3, -0.25) is 14.5 Å². The Morgan fingerprint density at radius 3 is 2.71 bits per heavy atom. The van der Waals surface area contributed by atoms with Crippen LogP contribution in [0.5, 0.6) is 0 Å². The molecule has 0 aromatic carbocycles. The van der Waals surface area contributed by atoms with Crippen molar-refractivity contribution in [1.29, 1.82) is 0 Å². The van der Waals surface area contributed by atoms with Crippen molar-refractivity contribution in [2.45, 2.75) is 32.1 Å². The van der Waals surface area contributed by atoms with Crippen molar-refractivity contribution in [3.8, 4) is 0 Å². The van der Waals surface area contributed by atoms with E-state index in [1.165, 1.54) is 34.7 Å². The van der Waals surface area contributed by atoms with Gasteiger partial charge in [0.15, 0.2) is 0 Å². The van der Waals surface area contributed by atoms with E-state index in [1.807, 2.05) is 21.7 Å². The molecule has 2 aromatic heterocycles. The average molecular weight is 462 g/mol. The van der Waals surface area contributed by atoms with Crippen molar-refractivity contribution in [3.63, 3.8) is 0 Å². The molecule has 4 rings (SSSR count). The van der Waals surface area contributed by atoms with Gasteiger partial charge < -0.3 is 15.0 Å². The minimum Gasteiger partial charge on any atom is -0.465 e. The van der Waals surface area contributed by atoms with E-state index >= 15 is 0 Å². The van der Waals surface area contributed by atoms with E-state index in [2.05, 4.69) is 10.2 Å². The summed E-state index contributed by atoms with van der Waals surface area (Å²) in [6, 6.07) is 1.85. The fraction of sp³-hybridized carbons (Fsp3) is 0.500. The van der Waals surface area contributed by atoms with Crippen LogP contribution in [0.3, 0.4) is 0 Å². The van der Waals surface area contributed by atoms with Crippen LogP contribution in [0.25, 0.3) is 0 Å². The van der Waals surface area contributed by atoms with Crippen LogP contribution in [0.4, 0.5) is 5.00 Å². The number of esters is 1. The molecular weight excluding hydrogens is 434 g/mol. The van der Waals surface area contributed by atoms with Crippen molar-refractivity contribution in [3.05, 3.63) is 38.4 Å². The van der Waals surface area contributed by atoms with Gasteiger partial charge in [-0.25, -0.2) is 4.79 Å². The quantitative estimate of drug-likeness (QED) is 0.692. The first-order valence-electron chi connectivity index (χ1n) is 10.6. The van der Waals surface area contributed by atoms with Crippen LogP contribution in [-0.2, 0) is 22.4 Å². The van der Waals surface area contributed by atoms with Crippen molar-refractivity contribution < 1.29 is 19.1 Å². The van der Waals surface area contributed by atoms with E-state index in [0.717, 1.165) is 49.8 Å². The van der Waals surface area contributed by atoms with Crippen molar-refractivity contribution >= 4 is 45.5 Å². The van der Waals surface area contributed by atoms with E-state index in [4.69, 9.17) is 4.74 Å². The number of methoxy groups -OCH3 is 1. The Bertz CT molecular complexity index is 954. The number of ether oxygens (including phenoxy) is 1. The third kappa shape index (κ3) is 4.99. The number of fused-ring (bicyclic) bond motifs is 1. The molecule has 2 aromatic rings. The molecule has 2 amide bonds. The summed E-state index contributed by atoms with van der Waals surface area (Å²) in [5, 5.41) is 7.35. The van der Waals surface area contributed by atoms with E-state index in [1.54, 1.807) is 0 Å². The Balaban J connectivity index is 1.38. The SMILES string of the molecule is COC(=O)c1c(NC(=O)CN2CCCN(C(=O)c3ccsc3)CC2)sc2c1CCCC2. The van der Waals surface area contributed by atoms with Crippen LogP contribution >= 0.6 is 22.7 Å². The standard InChI is InChI=1S/C22H27N3O4S2/c1-29-22(28)19-16-5-2-3-6-17(16)31-20(19)23-18(26)13-24-8-4-9-25(11-10-24)21(27)15-7-12-30-14-15/h7,12,14H,2-6,8-11,13H2,1H3,(H,23,26). The lowest BCUT2D eigenvalue weighted by molar-refractivity contribution is -0.117.